The molecule has 1 aliphatic heterocycles. The molecule has 4 nitrogen and oxygen atoms in total. The first kappa shape index (κ1) is 16.5. The number of halogens is 1. The average Bonchev–Trinajstić information content (AvgIpc) is 2.55. The molecule has 0 aromatic heterocycles. The SMILES string of the molecule is Cc1ccccc1C1CN(S(=O)(=O)c2cccc(Cl)c2)CCO1. The zero-order chi connectivity index (χ0) is 16.4. The van der Waals surface area contributed by atoms with Gasteiger partial charge in [0.2, 0.25) is 10.0 Å². The summed E-state index contributed by atoms with van der Waals surface area (Å²) in [6, 6.07) is 14.2. The molecule has 0 saturated carbocycles. The Balaban J connectivity index is 1.88. The van der Waals surface area contributed by atoms with Gasteiger partial charge in [0.25, 0.3) is 0 Å². The van der Waals surface area contributed by atoms with Gasteiger partial charge in [-0.2, -0.15) is 4.31 Å². The minimum absolute atomic E-state index is 0.218. The molecule has 0 N–H and O–H groups in total. The highest BCUT2D eigenvalue weighted by Gasteiger charge is 2.32. The summed E-state index contributed by atoms with van der Waals surface area (Å²) in [7, 11) is -3.57. The third kappa shape index (κ3) is 3.43. The summed E-state index contributed by atoms with van der Waals surface area (Å²) in [6.07, 6.45) is -0.251. The van der Waals surface area contributed by atoms with Gasteiger partial charge >= 0.3 is 0 Å². The van der Waals surface area contributed by atoms with E-state index in [9.17, 15) is 8.42 Å². The molecule has 1 atom stereocenters. The number of benzene rings is 2. The Morgan fingerprint density at radius 3 is 2.70 bits per heavy atom. The van der Waals surface area contributed by atoms with Crippen molar-refractivity contribution in [1.82, 2.24) is 4.31 Å². The van der Waals surface area contributed by atoms with Crippen molar-refractivity contribution in [2.75, 3.05) is 19.7 Å². The maximum absolute atomic E-state index is 12.8. The molecule has 1 heterocycles. The third-order valence-electron chi connectivity index (χ3n) is 4.00. The number of nitrogens with zero attached hydrogens (tertiary/aromatic N) is 1. The summed E-state index contributed by atoms with van der Waals surface area (Å²) in [4.78, 5) is 0.218. The Labute approximate surface area is 141 Å². The standard InChI is InChI=1S/C17H18ClNO3S/c1-13-5-2-3-8-16(13)17-12-19(9-10-22-17)23(20,21)15-7-4-6-14(18)11-15/h2-8,11,17H,9-10,12H2,1H3. The van der Waals surface area contributed by atoms with Crippen LogP contribution in [-0.2, 0) is 14.8 Å². The van der Waals surface area contributed by atoms with Crippen LogP contribution in [-0.4, -0.2) is 32.4 Å². The van der Waals surface area contributed by atoms with Crippen molar-refractivity contribution in [3.8, 4) is 0 Å². The van der Waals surface area contributed by atoms with E-state index in [1.165, 1.54) is 10.4 Å². The van der Waals surface area contributed by atoms with Crippen LogP contribution in [0.4, 0.5) is 0 Å². The largest absolute Gasteiger partial charge is 0.371 e. The number of morpholine rings is 1. The van der Waals surface area contributed by atoms with Crippen LogP contribution in [0.15, 0.2) is 53.4 Å². The van der Waals surface area contributed by atoms with Gasteiger partial charge < -0.3 is 4.74 Å². The zero-order valence-corrected chi connectivity index (χ0v) is 14.3. The molecule has 1 saturated heterocycles. The van der Waals surface area contributed by atoms with Gasteiger partial charge in [0.05, 0.1) is 17.6 Å². The second kappa shape index (κ2) is 6.61. The number of rotatable bonds is 3. The normalized spacial score (nSPS) is 19.7. The van der Waals surface area contributed by atoms with Gasteiger partial charge in [-0.1, -0.05) is 41.9 Å². The Kier molecular flexibility index (Phi) is 4.73. The first-order valence-electron chi connectivity index (χ1n) is 7.41. The van der Waals surface area contributed by atoms with Gasteiger partial charge in [0, 0.05) is 18.1 Å². The summed E-state index contributed by atoms with van der Waals surface area (Å²) in [5.74, 6) is 0. The van der Waals surface area contributed by atoms with Crippen LogP contribution in [0.3, 0.4) is 0 Å². The lowest BCUT2D eigenvalue weighted by molar-refractivity contribution is -0.00288. The molecular weight excluding hydrogens is 334 g/mol. The highest BCUT2D eigenvalue weighted by Crippen LogP contribution is 2.28. The molecule has 1 unspecified atom stereocenters. The van der Waals surface area contributed by atoms with Crippen LogP contribution in [0.25, 0.3) is 0 Å². The quantitative estimate of drug-likeness (QED) is 0.851. The molecule has 2 aromatic rings. The summed E-state index contributed by atoms with van der Waals surface area (Å²) < 4.78 is 32.9. The topological polar surface area (TPSA) is 46.6 Å². The van der Waals surface area contributed by atoms with Crippen LogP contribution in [0.5, 0.6) is 0 Å². The molecule has 6 heteroatoms. The smallest absolute Gasteiger partial charge is 0.243 e. The maximum atomic E-state index is 12.8. The van der Waals surface area contributed by atoms with Crippen LogP contribution < -0.4 is 0 Å². The van der Waals surface area contributed by atoms with Crippen molar-refractivity contribution in [3.63, 3.8) is 0 Å². The lowest BCUT2D eigenvalue weighted by Crippen LogP contribution is -2.42. The first-order chi connectivity index (χ1) is 11.0. The van der Waals surface area contributed by atoms with E-state index in [1.807, 2.05) is 31.2 Å². The number of hydrogen-bond acceptors (Lipinski definition) is 3. The number of ether oxygens (including phenoxy) is 1. The summed E-state index contributed by atoms with van der Waals surface area (Å²) in [5, 5.41) is 0.412. The van der Waals surface area contributed by atoms with Gasteiger partial charge in [-0.15, -0.1) is 0 Å². The van der Waals surface area contributed by atoms with Crippen molar-refractivity contribution in [1.29, 1.82) is 0 Å². The van der Waals surface area contributed by atoms with E-state index in [0.717, 1.165) is 11.1 Å². The van der Waals surface area contributed by atoms with Crippen molar-refractivity contribution < 1.29 is 13.2 Å². The number of sulfonamides is 1. The monoisotopic (exact) mass is 351 g/mol. The maximum Gasteiger partial charge on any atom is 0.243 e. The van der Waals surface area contributed by atoms with Crippen LogP contribution >= 0.6 is 11.6 Å². The molecule has 0 radical (unpaired) electrons. The summed E-state index contributed by atoms with van der Waals surface area (Å²) >= 11 is 5.93. The molecule has 0 amide bonds. The zero-order valence-electron chi connectivity index (χ0n) is 12.8. The number of aryl methyl sites for hydroxylation is 1. The van der Waals surface area contributed by atoms with Gasteiger partial charge in [-0.05, 0) is 36.2 Å². The van der Waals surface area contributed by atoms with Gasteiger partial charge in [0.1, 0.15) is 0 Å². The van der Waals surface area contributed by atoms with Gasteiger partial charge in [-0.3, -0.25) is 0 Å². The molecular formula is C17H18ClNO3S. The number of hydrogen-bond donors (Lipinski definition) is 0. The fraction of sp³-hybridized carbons (Fsp3) is 0.294. The van der Waals surface area contributed by atoms with E-state index < -0.39 is 10.0 Å². The lowest BCUT2D eigenvalue weighted by atomic mass is 10.0. The van der Waals surface area contributed by atoms with Crippen molar-refractivity contribution in [3.05, 3.63) is 64.7 Å². The Morgan fingerprint density at radius 2 is 1.96 bits per heavy atom. The van der Waals surface area contributed by atoms with E-state index in [1.54, 1.807) is 18.2 Å². The molecule has 2 aromatic carbocycles. The molecule has 0 bridgehead atoms. The predicted molar refractivity (Wildman–Crippen MR) is 90.1 cm³/mol. The van der Waals surface area contributed by atoms with E-state index >= 15 is 0 Å². The molecule has 3 rings (SSSR count). The van der Waals surface area contributed by atoms with E-state index in [-0.39, 0.29) is 11.0 Å². The molecule has 1 aliphatic rings. The van der Waals surface area contributed by atoms with Crippen LogP contribution in [0.2, 0.25) is 5.02 Å². The Bertz CT molecular complexity index is 807. The van der Waals surface area contributed by atoms with Crippen LogP contribution in [0, 0.1) is 6.92 Å². The summed E-state index contributed by atoms with van der Waals surface area (Å²) in [5.41, 5.74) is 2.12. The van der Waals surface area contributed by atoms with Crippen LogP contribution in [0.1, 0.15) is 17.2 Å². The lowest BCUT2D eigenvalue weighted by Gasteiger charge is -2.33. The molecule has 0 spiro atoms. The van der Waals surface area contributed by atoms with Gasteiger partial charge in [0.15, 0.2) is 0 Å². The second-order valence-corrected chi connectivity index (χ2v) is 7.91. The fourth-order valence-electron chi connectivity index (χ4n) is 2.76. The highest BCUT2D eigenvalue weighted by atomic mass is 35.5. The highest BCUT2D eigenvalue weighted by molar-refractivity contribution is 7.89. The third-order valence-corrected chi connectivity index (χ3v) is 6.09. The molecule has 122 valence electrons. The first-order valence-corrected chi connectivity index (χ1v) is 9.23. The minimum Gasteiger partial charge on any atom is -0.371 e. The van der Waals surface area contributed by atoms with E-state index in [4.69, 9.17) is 16.3 Å². The Morgan fingerprint density at radius 1 is 1.17 bits per heavy atom. The van der Waals surface area contributed by atoms with Crippen molar-refractivity contribution >= 4 is 21.6 Å². The van der Waals surface area contributed by atoms with Gasteiger partial charge in [-0.25, -0.2) is 8.42 Å². The van der Waals surface area contributed by atoms with E-state index in [2.05, 4.69) is 0 Å². The fourth-order valence-corrected chi connectivity index (χ4v) is 4.48. The predicted octanol–water partition coefficient (Wildman–Crippen LogP) is 3.41. The average molecular weight is 352 g/mol. The molecule has 1 fully saturated rings. The van der Waals surface area contributed by atoms with Crippen molar-refractivity contribution in [2.24, 2.45) is 0 Å². The molecule has 23 heavy (non-hydrogen) atoms. The second-order valence-electron chi connectivity index (χ2n) is 5.54. The van der Waals surface area contributed by atoms with Crippen molar-refractivity contribution in [2.45, 2.75) is 17.9 Å². The molecule has 0 aliphatic carbocycles. The van der Waals surface area contributed by atoms with E-state index in [0.29, 0.717) is 24.7 Å². The Hall–Kier alpha value is -1.40. The summed E-state index contributed by atoms with van der Waals surface area (Å²) in [6.45, 7) is 3.03. The minimum atomic E-state index is -3.57.